The molecule has 33 heavy (non-hydrogen) atoms. The van der Waals surface area contributed by atoms with E-state index < -0.39 is 36.0 Å². The number of hydrogen-bond acceptors (Lipinski definition) is 6. The number of nitrogens with two attached hydrogens (primary N) is 1. The number of para-hydroxylation sites is 1. The Hall–Kier alpha value is -2.51. The van der Waals surface area contributed by atoms with Crippen LogP contribution in [0.2, 0.25) is 0 Å². The number of nitrogens with zero attached hydrogens (tertiary/aromatic N) is 3. The van der Waals surface area contributed by atoms with Gasteiger partial charge in [0.25, 0.3) is 0 Å². The van der Waals surface area contributed by atoms with Crippen molar-refractivity contribution >= 4 is 45.6 Å². The van der Waals surface area contributed by atoms with Crippen LogP contribution < -0.4 is 16.4 Å². The molecule has 0 saturated carbocycles. The molecule has 2 aromatic rings. The number of imide groups is 1. The minimum Gasteiger partial charge on any atom is -0.368 e. The highest BCUT2D eigenvalue weighted by Crippen LogP contribution is 2.37. The van der Waals surface area contributed by atoms with E-state index in [9.17, 15) is 27.6 Å². The van der Waals surface area contributed by atoms with Crippen LogP contribution in [0.3, 0.4) is 0 Å². The monoisotopic (exact) mass is 532 g/mol. The number of piperazine rings is 1. The summed E-state index contributed by atoms with van der Waals surface area (Å²) in [6.07, 6.45) is -4.13. The Morgan fingerprint density at radius 2 is 2.03 bits per heavy atom. The molecule has 180 valence electrons. The van der Waals surface area contributed by atoms with Gasteiger partial charge in [-0.3, -0.25) is 29.3 Å². The number of piperidine rings is 1. The third-order valence-corrected chi connectivity index (χ3v) is 6.05. The molecule has 2 aliphatic heterocycles. The number of aryl methyl sites for hydroxylation is 1. The first-order chi connectivity index (χ1) is 15.1. The number of aromatic nitrogens is 2. The van der Waals surface area contributed by atoms with Crippen molar-refractivity contribution in [2.45, 2.75) is 37.0 Å². The molecule has 1 aromatic carbocycles. The van der Waals surface area contributed by atoms with E-state index in [4.69, 9.17) is 5.73 Å². The topological polar surface area (TPSA) is 122 Å². The van der Waals surface area contributed by atoms with Crippen molar-refractivity contribution in [1.82, 2.24) is 25.3 Å². The molecule has 2 aliphatic rings. The summed E-state index contributed by atoms with van der Waals surface area (Å²) in [6, 6.07) is 1.64. The SMILES string of the molecule is Br.Cn1nc(C2CCC(=O)NC2=O)c2cccc(C(C(N)=O)N3CCNC[C@@H]3C(F)(F)F)c21. The van der Waals surface area contributed by atoms with Gasteiger partial charge in [0.1, 0.15) is 12.1 Å². The second-order valence-corrected chi connectivity index (χ2v) is 8.06. The predicted octanol–water partition coefficient (Wildman–Crippen LogP) is 1.03. The lowest BCUT2D eigenvalue weighted by Gasteiger charge is -2.41. The molecule has 3 heterocycles. The lowest BCUT2D eigenvalue weighted by molar-refractivity contribution is -0.194. The summed E-state index contributed by atoms with van der Waals surface area (Å²) in [5, 5.41) is 9.98. The van der Waals surface area contributed by atoms with Gasteiger partial charge in [-0.15, -0.1) is 17.0 Å². The first-order valence-corrected chi connectivity index (χ1v) is 10.2. The lowest BCUT2D eigenvalue weighted by Crippen LogP contribution is -2.60. The summed E-state index contributed by atoms with van der Waals surface area (Å²) in [7, 11) is 1.60. The fraction of sp³-hybridized carbons (Fsp3) is 0.500. The number of nitrogens with one attached hydrogen (secondary N) is 2. The Balaban J connectivity index is 0.00000306. The second kappa shape index (κ2) is 9.39. The van der Waals surface area contributed by atoms with Crippen molar-refractivity contribution in [3.8, 4) is 0 Å². The van der Waals surface area contributed by atoms with Crippen molar-refractivity contribution in [3.63, 3.8) is 0 Å². The maximum atomic E-state index is 13.7. The Kier molecular flexibility index (Phi) is 7.15. The van der Waals surface area contributed by atoms with Crippen molar-refractivity contribution in [2.24, 2.45) is 12.8 Å². The minimum atomic E-state index is -4.56. The molecule has 2 saturated heterocycles. The van der Waals surface area contributed by atoms with E-state index in [1.54, 1.807) is 25.2 Å². The summed E-state index contributed by atoms with van der Waals surface area (Å²) in [4.78, 5) is 37.5. The van der Waals surface area contributed by atoms with Crippen molar-refractivity contribution in [3.05, 3.63) is 29.5 Å². The fourth-order valence-corrected chi connectivity index (χ4v) is 4.66. The van der Waals surface area contributed by atoms with E-state index in [0.29, 0.717) is 22.2 Å². The zero-order valence-electron chi connectivity index (χ0n) is 17.7. The molecule has 2 unspecified atom stereocenters. The minimum absolute atomic E-state index is 0. The van der Waals surface area contributed by atoms with Crippen LogP contribution in [-0.4, -0.2) is 64.3 Å². The molecule has 0 radical (unpaired) electrons. The normalized spacial score (nSPS) is 23.2. The molecule has 2 fully saturated rings. The van der Waals surface area contributed by atoms with E-state index in [1.807, 2.05) is 0 Å². The van der Waals surface area contributed by atoms with Crippen molar-refractivity contribution in [1.29, 1.82) is 0 Å². The molecule has 1 aromatic heterocycles. The zero-order chi connectivity index (χ0) is 23.2. The molecule has 0 bridgehead atoms. The zero-order valence-corrected chi connectivity index (χ0v) is 19.4. The maximum Gasteiger partial charge on any atom is 0.405 e. The van der Waals surface area contributed by atoms with Crippen LogP contribution in [0, 0.1) is 0 Å². The maximum absolute atomic E-state index is 13.7. The number of halogens is 4. The smallest absolute Gasteiger partial charge is 0.368 e. The van der Waals surface area contributed by atoms with Gasteiger partial charge < -0.3 is 11.1 Å². The standard InChI is InChI=1S/C20H23F3N6O3.BrH/c1-28-16-10(15(27-28)11-5-6-14(30)26-19(11)32)3-2-4-12(16)17(18(24)31)29-8-7-25-9-13(29)20(21,22)23;/h2-4,11,13,17,25H,5-9H2,1H3,(H2,24,31)(H,26,30,32);1H/t11?,13-,17?;/m1./s1. The Bertz CT molecular complexity index is 1090. The van der Waals surface area contributed by atoms with Gasteiger partial charge in [-0.1, -0.05) is 18.2 Å². The number of rotatable bonds is 4. The van der Waals surface area contributed by atoms with Crippen molar-refractivity contribution in [2.75, 3.05) is 19.6 Å². The lowest BCUT2D eigenvalue weighted by atomic mass is 9.91. The van der Waals surface area contributed by atoms with Crippen molar-refractivity contribution < 1.29 is 27.6 Å². The Morgan fingerprint density at radius 3 is 2.67 bits per heavy atom. The predicted molar refractivity (Wildman–Crippen MR) is 118 cm³/mol. The largest absolute Gasteiger partial charge is 0.405 e. The average molecular weight is 533 g/mol. The van der Waals surface area contributed by atoms with Crippen LogP contribution >= 0.6 is 17.0 Å². The van der Waals surface area contributed by atoms with Crippen LogP contribution in [0.4, 0.5) is 13.2 Å². The number of alkyl halides is 3. The van der Waals surface area contributed by atoms with E-state index in [-0.39, 0.29) is 55.4 Å². The third-order valence-electron chi connectivity index (χ3n) is 6.05. The first-order valence-electron chi connectivity index (χ1n) is 10.2. The third kappa shape index (κ3) is 4.62. The summed E-state index contributed by atoms with van der Waals surface area (Å²) in [5.74, 6) is -2.42. The van der Waals surface area contributed by atoms with Gasteiger partial charge in [-0.05, 0) is 6.42 Å². The van der Waals surface area contributed by atoms with Crippen LogP contribution in [-0.2, 0) is 21.4 Å². The second-order valence-electron chi connectivity index (χ2n) is 8.06. The number of fused-ring (bicyclic) bond motifs is 1. The molecule has 13 heteroatoms. The first kappa shape index (κ1) is 25.1. The number of carbonyl (C=O) groups is 3. The van der Waals surface area contributed by atoms with Gasteiger partial charge in [0.05, 0.1) is 17.1 Å². The highest BCUT2D eigenvalue weighted by Gasteiger charge is 2.48. The molecule has 4 N–H and O–H groups in total. The van der Waals surface area contributed by atoms with Gasteiger partial charge >= 0.3 is 6.18 Å². The Labute approximate surface area is 197 Å². The molecule has 9 nitrogen and oxygen atoms in total. The average Bonchev–Trinajstić information content (AvgIpc) is 3.05. The molecule has 4 rings (SSSR count). The number of benzene rings is 1. The number of carbonyl (C=O) groups excluding carboxylic acids is 3. The summed E-state index contributed by atoms with van der Waals surface area (Å²) < 4.78 is 42.6. The van der Waals surface area contributed by atoms with Gasteiger partial charge in [0.15, 0.2) is 0 Å². The quantitative estimate of drug-likeness (QED) is 0.505. The molecular formula is C20H24BrF3N6O3. The van der Waals surface area contributed by atoms with Gasteiger partial charge in [-0.25, -0.2) is 0 Å². The van der Waals surface area contributed by atoms with Crippen LogP contribution in [0.5, 0.6) is 0 Å². The van der Waals surface area contributed by atoms with Crippen LogP contribution in [0.25, 0.3) is 10.9 Å². The van der Waals surface area contributed by atoms with E-state index in [2.05, 4.69) is 15.7 Å². The molecule has 0 spiro atoms. The van der Waals surface area contributed by atoms with Crippen LogP contribution in [0.1, 0.15) is 36.1 Å². The molecule has 3 atom stereocenters. The van der Waals surface area contributed by atoms with Gasteiger partial charge in [0.2, 0.25) is 17.7 Å². The van der Waals surface area contributed by atoms with E-state index in [0.717, 1.165) is 4.90 Å². The molecular weight excluding hydrogens is 509 g/mol. The van der Waals surface area contributed by atoms with Crippen LogP contribution in [0.15, 0.2) is 18.2 Å². The summed E-state index contributed by atoms with van der Waals surface area (Å²) in [5.41, 5.74) is 6.76. The fourth-order valence-electron chi connectivity index (χ4n) is 4.66. The molecule has 0 aliphatic carbocycles. The van der Waals surface area contributed by atoms with Gasteiger partial charge in [-0.2, -0.15) is 18.3 Å². The van der Waals surface area contributed by atoms with E-state index in [1.165, 1.54) is 4.68 Å². The number of primary amides is 1. The summed E-state index contributed by atoms with van der Waals surface area (Å²) >= 11 is 0. The highest BCUT2D eigenvalue weighted by atomic mass is 79.9. The number of hydrogen-bond donors (Lipinski definition) is 3. The Morgan fingerprint density at radius 1 is 1.30 bits per heavy atom. The molecule has 3 amide bonds. The van der Waals surface area contributed by atoms with E-state index >= 15 is 0 Å². The van der Waals surface area contributed by atoms with Gasteiger partial charge in [0, 0.05) is 44.1 Å². The highest BCUT2D eigenvalue weighted by molar-refractivity contribution is 8.93. The summed E-state index contributed by atoms with van der Waals surface area (Å²) in [6.45, 7) is -0.0958. The number of amides is 3.